The van der Waals surface area contributed by atoms with Crippen molar-refractivity contribution >= 4 is 39.5 Å². The van der Waals surface area contributed by atoms with Crippen molar-refractivity contribution in [3.05, 3.63) is 66.0 Å². The van der Waals surface area contributed by atoms with Gasteiger partial charge in [-0.05, 0) is 47.9 Å². The van der Waals surface area contributed by atoms with Gasteiger partial charge in [0.25, 0.3) is 0 Å². The number of nitrogens with one attached hydrogen (secondary N) is 2. The van der Waals surface area contributed by atoms with Crippen LogP contribution in [0.5, 0.6) is 0 Å². The molecule has 3 rings (SSSR count). The molecular weight excluding hydrogens is 404 g/mol. The predicted molar refractivity (Wildman–Crippen MR) is 98.0 cm³/mol. The van der Waals surface area contributed by atoms with Crippen LogP contribution in [-0.4, -0.2) is 10.1 Å². The van der Waals surface area contributed by atoms with Crippen LogP contribution in [0.1, 0.15) is 11.1 Å². The van der Waals surface area contributed by atoms with Gasteiger partial charge in [-0.2, -0.15) is 26.3 Å². The lowest BCUT2D eigenvalue weighted by molar-refractivity contribution is -0.143. The molecule has 2 aromatic carbocycles. The number of rotatable bonds is 2. The van der Waals surface area contributed by atoms with Gasteiger partial charge >= 0.3 is 12.4 Å². The number of halogens is 6. The molecule has 0 atom stereocenters. The van der Waals surface area contributed by atoms with E-state index in [1.54, 1.807) is 30.6 Å². The third kappa shape index (κ3) is 4.50. The number of pyridine rings is 1. The number of aromatic nitrogens is 1. The van der Waals surface area contributed by atoms with E-state index in [0.717, 1.165) is 5.39 Å². The number of hydrogen-bond donors (Lipinski definition) is 2. The minimum Gasteiger partial charge on any atom is -0.332 e. The first-order valence-corrected chi connectivity index (χ1v) is 8.15. The molecule has 0 fully saturated rings. The molecule has 1 heterocycles. The Bertz CT molecular complexity index is 992. The van der Waals surface area contributed by atoms with Gasteiger partial charge in [0.15, 0.2) is 5.11 Å². The zero-order chi connectivity index (χ0) is 20.5. The molecule has 0 amide bonds. The van der Waals surface area contributed by atoms with Gasteiger partial charge in [-0.15, -0.1) is 0 Å². The first kappa shape index (κ1) is 19.9. The molecular formula is C18H11F6N3S. The fourth-order valence-electron chi connectivity index (χ4n) is 2.53. The average molecular weight is 415 g/mol. The van der Waals surface area contributed by atoms with E-state index in [1.165, 1.54) is 0 Å². The zero-order valence-corrected chi connectivity index (χ0v) is 14.6. The molecule has 3 aromatic rings. The van der Waals surface area contributed by atoms with Crippen LogP contribution in [0.2, 0.25) is 0 Å². The molecule has 0 aliphatic heterocycles. The molecule has 0 saturated heterocycles. The molecule has 3 nitrogen and oxygen atoms in total. The minimum atomic E-state index is -4.94. The number of alkyl halides is 6. The van der Waals surface area contributed by atoms with Crippen molar-refractivity contribution in [3.63, 3.8) is 0 Å². The number of thiocarbonyl (C=S) groups is 1. The van der Waals surface area contributed by atoms with Gasteiger partial charge in [-0.3, -0.25) is 4.98 Å². The maximum Gasteiger partial charge on any atom is 0.416 e. The SMILES string of the molecule is FC(F)(F)c1cc(NC(=S)Nc2cccc3ccncc23)cc(C(F)(F)F)c1. The fourth-order valence-corrected chi connectivity index (χ4v) is 2.76. The Hall–Kier alpha value is -2.88. The van der Waals surface area contributed by atoms with Crippen molar-refractivity contribution in [1.29, 1.82) is 0 Å². The lowest BCUT2D eigenvalue weighted by atomic mass is 10.1. The van der Waals surface area contributed by atoms with E-state index in [9.17, 15) is 26.3 Å². The Morgan fingerprint density at radius 3 is 2.11 bits per heavy atom. The summed E-state index contributed by atoms with van der Waals surface area (Å²) < 4.78 is 77.7. The van der Waals surface area contributed by atoms with E-state index < -0.39 is 29.2 Å². The van der Waals surface area contributed by atoms with Gasteiger partial charge in [0.2, 0.25) is 0 Å². The molecule has 0 spiro atoms. The van der Waals surface area contributed by atoms with Crippen LogP contribution in [0.15, 0.2) is 54.9 Å². The smallest absolute Gasteiger partial charge is 0.332 e. The molecule has 0 aliphatic carbocycles. The lowest BCUT2D eigenvalue weighted by Crippen LogP contribution is -2.20. The fraction of sp³-hybridized carbons (Fsp3) is 0.111. The lowest BCUT2D eigenvalue weighted by Gasteiger charge is -2.16. The van der Waals surface area contributed by atoms with Crippen LogP contribution in [-0.2, 0) is 12.4 Å². The van der Waals surface area contributed by atoms with Gasteiger partial charge in [-0.25, -0.2) is 0 Å². The van der Waals surface area contributed by atoms with Crippen molar-refractivity contribution in [1.82, 2.24) is 4.98 Å². The van der Waals surface area contributed by atoms with Crippen LogP contribution in [0.3, 0.4) is 0 Å². The Labute approximate surface area is 160 Å². The summed E-state index contributed by atoms with van der Waals surface area (Å²) in [4.78, 5) is 3.99. The highest BCUT2D eigenvalue weighted by Gasteiger charge is 2.37. The summed E-state index contributed by atoms with van der Waals surface area (Å²) in [6.07, 6.45) is -6.72. The van der Waals surface area contributed by atoms with Crippen molar-refractivity contribution in [2.75, 3.05) is 10.6 Å². The van der Waals surface area contributed by atoms with Gasteiger partial charge in [0.05, 0.1) is 11.1 Å². The second-order valence-electron chi connectivity index (χ2n) is 5.78. The normalized spacial score (nSPS) is 12.1. The average Bonchev–Trinajstić information content (AvgIpc) is 2.60. The first-order chi connectivity index (χ1) is 13.0. The van der Waals surface area contributed by atoms with Crippen LogP contribution in [0, 0.1) is 0 Å². The van der Waals surface area contributed by atoms with E-state index >= 15 is 0 Å². The molecule has 2 N–H and O–H groups in total. The predicted octanol–water partition coefficient (Wildman–Crippen LogP) is 6.08. The van der Waals surface area contributed by atoms with Crippen LogP contribution in [0.25, 0.3) is 10.8 Å². The Balaban J connectivity index is 1.89. The van der Waals surface area contributed by atoms with Crippen molar-refractivity contribution in [2.24, 2.45) is 0 Å². The summed E-state index contributed by atoms with van der Waals surface area (Å²) >= 11 is 5.05. The topological polar surface area (TPSA) is 37.0 Å². The third-order valence-corrected chi connectivity index (χ3v) is 3.98. The zero-order valence-electron chi connectivity index (χ0n) is 13.8. The van der Waals surface area contributed by atoms with Gasteiger partial charge in [0.1, 0.15) is 0 Å². The minimum absolute atomic E-state index is 0.0536. The third-order valence-electron chi connectivity index (χ3n) is 3.78. The van der Waals surface area contributed by atoms with E-state index in [0.29, 0.717) is 23.2 Å². The van der Waals surface area contributed by atoms with E-state index in [2.05, 4.69) is 15.6 Å². The highest BCUT2D eigenvalue weighted by atomic mass is 32.1. The van der Waals surface area contributed by atoms with Crippen LogP contribution < -0.4 is 10.6 Å². The maximum atomic E-state index is 12.9. The van der Waals surface area contributed by atoms with E-state index in [1.807, 2.05) is 6.07 Å². The summed E-state index contributed by atoms with van der Waals surface area (Å²) in [5.41, 5.74) is -2.78. The molecule has 0 unspecified atom stereocenters. The second kappa shape index (κ2) is 7.27. The van der Waals surface area contributed by atoms with Gasteiger partial charge in [-0.1, -0.05) is 12.1 Å². The molecule has 0 bridgehead atoms. The Morgan fingerprint density at radius 2 is 1.50 bits per heavy atom. The highest BCUT2D eigenvalue weighted by Crippen LogP contribution is 2.37. The Kier molecular flexibility index (Phi) is 5.16. The molecule has 1 aromatic heterocycles. The molecule has 0 saturated carbocycles. The first-order valence-electron chi connectivity index (χ1n) is 7.74. The largest absolute Gasteiger partial charge is 0.416 e. The van der Waals surface area contributed by atoms with E-state index in [4.69, 9.17) is 12.2 Å². The second-order valence-corrected chi connectivity index (χ2v) is 6.18. The standard InChI is InChI=1S/C18H11F6N3S/c19-17(20,21)11-6-12(18(22,23)24)8-13(7-11)26-16(28)27-15-3-1-2-10-4-5-25-9-14(10)15/h1-9H,(H2,26,27,28). The summed E-state index contributed by atoms with van der Waals surface area (Å²) in [5.74, 6) is 0. The van der Waals surface area contributed by atoms with Crippen LogP contribution in [0.4, 0.5) is 37.7 Å². The van der Waals surface area contributed by atoms with Gasteiger partial charge in [0, 0.05) is 29.2 Å². The maximum absolute atomic E-state index is 12.9. The molecule has 146 valence electrons. The van der Waals surface area contributed by atoms with Gasteiger partial charge < -0.3 is 10.6 Å². The van der Waals surface area contributed by atoms with Crippen LogP contribution >= 0.6 is 12.2 Å². The molecule has 28 heavy (non-hydrogen) atoms. The monoisotopic (exact) mass is 415 g/mol. The molecule has 0 radical (unpaired) electrons. The summed E-state index contributed by atoms with van der Waals surface area (Å²) in [5, 5.41) is 6.51. The molecule has 10 heteroatoms. The quantitative estimate of drug-likeness (QED) is 0.393. The summed E-state index contributed by atoms with van der Waals surface area (Å²) in [6, 6.07) is 8.13. The Morgan fingerprint density at radius 1 is 0.857 bits per heavy atom. The summed E-state index contributed by atoms with van der Waals surface area (Å²) in [6.45, 7) is 0. The number of fused-ring (bicyclic) bond motifs is 1. The highest BCUT2D eigenvalue weighted by molar-refractivity contribution is 7.80. The number of benzene rings is 2. The number of hydrogen-bond acceptors (Lipinski definition) is 2. The van der Waals surface area contributed by atoms with Crippen molar-refractivity contribution in [3.8, 4) is 0 Å². The number of nitrogens with zero attached hydrogens (tertiary/aromatic N) is 1. The molecule has 0 aliphatic rings. The van der Waals surface area contributed by atoms with Crippen molar-refractivity contribution < 1.29 is 26.3 Å². The number of anilines is 2. The van der Waals surface area contributed by atoms with Crippen molar-refractivity contribution in [2.45, 2.75) is 12.4 Å². The summed E-state index contributed by atoms with van der Waals surface area (Å²) in [7, 11) is 0. The van der Waals surface area contributed by atoms with E-state index in [-0.39, 0.29) is 11.2 Å².